The number of hydrogen-bond donors (Lipinski definition) is 0. The molecule has 0 bridgehead atoms. The van der Waals surface area contributed by atoms with E-state index in [1.807, 2.05) is 55.0 Å². The summed E-state index contributed by atoms with van der Waals surface area (Å²) in [5.74, 6) is -1.50. The van der Waals surface area contributed by atoms with Crippen molar-refractivity contribution in [1.29, 1.82) is 0 Å². The topological polar surface area (TPSA) is 81.5 Å². The normalized spacial score (nSPS) is 16.0. The van der Waals surface area contributed by atoms with Gasteiger partial charge in [-0.15, -0.1) is 11.3 Å². The van der Waals surface area contributed by atoms with Crippen LogP contribution in [0.4, 0.5) is 5.69 Å². The van der Waals surface area contributed by atoms with E-state index >= 15 is 0 Å². The minimum absolute atomic E-state index is 0.0828. The second kappa shape index (κ2) is 8.47. The lowest BCUT2D eigenvalue weighted by Crippen LogP contribution is -2.27. The van der Waals surface area contributed by atoms with Crippen molar-refractivity contribution in [3.8, 4) is 5.13 Å². The predicted octanol–water partition coefficient (Wildman–Crippen LogP) is 3.64. The molecule has 7 nitrogen and oxygen atoms in total. The first kappa shape index (κ1) is 21.0. The Hall–Kier alpha value is -3.26. The molecule has 1 fully saturated rings. The highest BCUT2D eigenvalue weighted by atomic mass is 32.1. The Kier molecular flexibility index (Phi) is 5.73. The number of ether oxygens (including phenoxy) is 1. The Morgan fingerprint density at radius 3 is 2.61 bits per heavy atom. The summed E-state index contributed by atoms with van der Waals surface area (Å²) in [6, 6.07) is 9.36. The minimum atomic E-state index is -0.579. The second-order valence-corrected chi connectivity index (χ2v) is 8.58. The molecule has 0 spiro atoms. The lowest BCUT2D eigenvalue weighted by molar-refractivity contribution is -0.147. The van der Waals surface area contributed by atoms with Crippen LogP contribution in [0.3, 0.4) is 0 Å². The van der Waals surface area contributed by atoms with Gasteiger partial charge in [-0.05, 0) is 39.0 Å². The van der Waals surface area contributed by atoms with Gasteiger partial charge >= 0.3 is 5.97 Å². The van der Waals surface area contributed by atoms with E-state index in [-0.39, 0.29) is 31.3 Å². The summed E-state index contributed by atoms with van der Waals surface area (Å²) < 4.78 is 7.21. The number of benzene rings is 1. The van der Waals surface area contributed by atoms with E-state index in [4.69, 9.17) is 4.74 Å². The first-order chi connectivity index (χ1) is 14.8. The maximum Gasteiger partial charge on any atom is 0.311 e. The molecule has 31 heavy (non-hydrogen) atoms. The number of carbonyl (C=O) groups is 3. The third-order valence-corrected chi connectivity index (χ3v) is 6.25. The first-order valence-corrected chi connectivity index (χ1v) is 10.9. The molecule has 8 heteroatoms. The van der Waals surface area contributed by atoms with E-state index in [1.54, 1.807) is 17.2 Å². The molecular weight excluding hydrogens is 414 g/mol. The maximum absolute atomic E-state index is 12.7. The molecule has 0 saturated carbocycles. The zero-order valence-corrected chi connectivity index (χ0v) is 18.4. The van der Waals surface area contributed by atoms with Gasteiger partial charge in [-0.1, -0.05) is 17.7 Å². The summed E-state index contributed by atoms with van der Waals surface area (Å²) in [6.45, 7) is 5.63. The van der Waals surface area contributed by atoms with Crippen molar-refractivity contribution >= 4 is 34.7 Å². The molecule has 4 rings (SSSR count). The van der Waals surface area contributed by atoms with Crippen LogP contribution in [0.15, 0.2) is 41.9 Å². The number of nitrogens with zero attached hydrogens (tertiary/aromatic N) is 3. The molecule has 160 valence electrons. The van der Waals surface area contributed by atoms with Crippen molar-refractivity contribution < 1.29 is 19.1 Å². The van der Waals surface area contributed by atoms with Gasteiger partial charge in [0.15, 0.2) is 11.7 Å². The van der Waals surface area contributed by atoms with E-state index in [1.165, 1.54) is 11.3 Å². The molecule has 1 amide bonds. The van der Waals surface area contributed by atoms with Gasteiger partial charge in [-0.2, -0.15) is 0 Å². The van der Waals surface area contributed by atoms with Gasteiger partial charge in [0.25, 0.3) is 0 Å². The smallest absolute Gasteiger partial charge is 0.311 e. The van der Waals surface area contributed by atoms with E-state index in [2.05, 4.69) is 4.98 Å². The fraction of sp³-hybridized carbons (Fsp3) is 0.304. The number of amides is 1. The van der Waals surface area contributed by atoms with Crippen LogP contribution in [-0.2, 0) is 14.3 Å². The van der Waals surface area contributed by atoms with Gasteiger partial charge in [0, 0.05) is 47.2 Å². The van der Waals surface area contributed by atoms with Crippen LogP contribution >= 0.6 is 11.3 Å². The fourth-order valence-corrected chi connectivity index (χ4v) is 4.59. The van der Waals surface area contributed by atoms with Crippen LogP contribution < -0.4 is 4.90 Å². The average Bonchev–Trinajstić information content (AvgIpc) is 3.46. The molecule has 3 heterocycles. The summed E-state index contributed by atoms with van der Waals surface area (Å²) in [4.78, 5) is 43.5. The lowest BCUT2D eigenvalue weighted by atomic mass is 10.1. The number of aryl methyl sites for hydroxylation is 2. The highest BCUT2D eigenvalue weighted by Crippen LogP contribution is 2.27. The number of esters is 1. The third-order valence-electron chi connectivity index (χ3n) is 5.49. The number of rotatable bonds is 6. The number of thiazole rings is 1. The van der Waals surface area contributed by atoms with Crippen LogP contribution in [0.2, 0.25) is 0 Å². The molecule has 3 aromatic rings. The van der Waals surface area contributed by atoms with Gasteiger partial charge in [0.05, 0.1) is 5.92 Å². The average molecular weight is 438 g/mol. The molecular formula is C23H23N3O4S. The molecule has 2 aromatic heterocycles. The van der Waals surface area contributed by atoms with Crippen molar-refractivity contribution in [2.45, 2.75) is 27.2 Å². The van der Waals surface area contributed by atoms with E-state index < -0.39 is 11.9 Å². The van der Waals surface area contributed by atoms with Crippen molar-refractivity contribution in [1.82, 2.24) is 9.55 Å². The summed E-state index contributed by atoms with van der Waals surface area (Å²) in [5.41, 5.74) is 4.01. The molecule has 1 aliphatic heterocycles. The van der Waals surface area contributed by atoms with Gasteiger partial charge in [-0.3, -0.25) is 19.0 Å². The van der Waals surface area contributed by atoms with Crippen LogP contribution in [0.5, 0.6) is 0 Å². The van der Waals surface area contributed by atoms with Crippen LogP contribution in [0.25, 0.3) is 5.13 Å². The largest absolute Gasteiger partial charge is 0.457 e. The Balaban J connectivity index is 1.39. The number of anilines is 1. The zero-order valence-electron chi connectivity index (χ0n) is 17.6. The molecule has 0 radical (unpaired) electrons. The van der Waals surface area contributed by atoms with Crippen LogP contribution in [0, 0.1) is 26.7 Å². The van der Waals surface area contributed by atoms with Crippen molar-refractivity contribution in [3.63, 3.8) is 0 Å². The predicted molar refractivity (Wildman–Crippen MR) is 118 cm³/mol. The molecule has 0 aliphatic carbocycles. The van der Waals surface area contributed by atoms with E-state index in [0.29, 0.717) is 5.56 Å². The highest BCUT2D eigenvalue weighted by Gasteiger charge is 2.36. The Labute approximate surface area is 184 Å². The molecule has 1 atom stereocenters. The molecule has 1 aliphatic rings. The van der Waals surface area contributed by atoms with Crippen LogP contribution in [0.1, 0.15) is 33.7 Å². The molecule has 1 aromatic carbocycles. The van der Waals surface area contributed by atoms with E-state index in [0.717, 1.165) is 27.8 Å². The summed E-state index contributed by atoms with van der Waals surface area (Å²) in [7, 11) is 0. The third kappa shape index (κ3) is 4.16. The van der Waals surface area contributed by atoms with Crippen LogP contribution in [-0.4, -0.2) is 40.4 Å². The molecule has 1 saturated heterocycles. The summed E-state index contributed by atoms with van der Waals surface area (Å²) >= 11 is 1.48. The number of hydrogen-bond acceptors (Lipinski definition) is 6. The molecule has 0 N–H and O–H groups in total. The summed E-state index contributed by atoms with van der Waals surface area (Å²) in [6.07, 6.45) is 1.80. The number of aromatic nitrogens is 2. The van der Waals surface area contributed by atoms with Crippen molar-refractivity contribution in [3.05, 3.63) is 64.4 Å². The maximum atomic E-state index is 12.7. The van der Waals surface area contributed by atoms with E-state index in [9.17, 15) is 14.4 Å². The standard InChI is InChI=1S/C23H23N3O4S/c1-14-4-6-18(7-5-14)25-12-17(11-21(25)28)22(29)30-13-20(27)19-10-15(2)26(16(19)3)23-24-8-9-31-23/h4-10,17H,11-13H2,1-3H3/t17-/m1/s1. The minimum Gasteiger partial charge on any atom is -0.457 e. The monoisotopic (exact) mass is 437 g/mol. The van der Waals surface area contributed by atoms with Gasteiger partial charge in [-0.25, -0.2) is 4.98 Å². The Morgan fingerprint density at radius 2 is 1.94 bits per heavy atom. The molecule has 0 unspecified atom stereocenters. The SMILES string of the molecule is Cc1ccc(N2C[C@H](C(=O)OCC(=O)c3cc(C)n(-c4nccs4)c3C)CC2=O)cc1. The summed E-state index contributed by atoms with van der Waals surface area (Å²) in [5, 5.41) is 2.66. The Bertz CT molecular complexity index is 1130. The lowest BCUT2D eigenvalue weighted by Gasteiger charge is -2.16. The first-order valence-electron chi connectivity index (χ1n) is 10.0. The number of carbonyl (C=O) groups excluding carboxylic acids is 3. The van der Waals surface area contributed by atoms with Crippen molar-refractivity contribution in [2.24, 2.45) is 5.92 Å². The highest BCUT2D eigenvalue weighted by molar-refractivity contribution is 7.12. The second-order valence-electron chi connectivity index (χ2n) is 7.71. The van der Waals surface area contributed by atoms with Gasteiger partial charge in [0.1, 0.15) is 0 Å². The Morgan fingerprint density at radius 1 is 1.19 bits per heavy atom. The van der Waals surface area contributed by atoms with Gasteiger partial charge < -0.3 is 9.64 Å². The number of Topliss-reactive ketones (excluding diaryl/α,β-unsaturated/α-hetero) is 1. The zero-order chi connectivity index (χ0) is 22.1. The quantitative estimate of drug-likeness (QED) is 0.434. The van der Waals surface area contributed by atoms with Gasteiger partial charge in [0.2, 0.25) is 11.7 Å². The number of ketones is 1. The van der Waals surface area contributed by atoms with Crippen molar-refractivity contribution in [2.75, 3.05) is 18.1 Å². The fourth-order valence-electron chi connectivity index (χ4n) is 3.84.